The predicted octanol–water partition coefficient (Wildman–Crippen LogP) is 2.80. The van der Waals surface area contributed by atoms with Crippen LogP contribution in [0.2, 0.25) is 0 Å². The molecule has 1 atom stereocenters. The molecule has 0 aromatic carbocycles. The molecule has 6 heteroatoms. The average molecular weight is 216 g/mol. The molecule has 0 saturated heterocycles. The van der Waals surface area contributed by atoms with E-state index in [1.54, 1.807) is 6.92 Å². The topological polar surface area (TPSA) is 38.7 Å². The Morgan fingerprint density at radius 3 is 2.91 bits per heavy atom. The third-order valence-electron chi connectivity index (χ3n) is 0.778. The van der Waals surface area contributed by atoms with E-state index in [1.807, 2.05) is 0 Å². The Morgan fingerprint density at radius 1 is 1.82 bits per heavy atom. The van der Waals surface area contributed by atoms with Crippen LogP contribution in [-0.4, -0.2) is 25.6 Å². The van der Waals surface area contributed by atoms with Crippen molar-refractivity contribution in [2.24, 2.45) is 4.99 Å². The molecule has 0 amide bonds. The molecule has 1 unspecified atom stereocenters. The molecule has 66 valence electrons. The number of hydrogen-bond donors (Lipinski definition) is 0. The molecule has 0 aliphatic heterocycles. The van der Waals surface area contributed by atoms with Crippen molar-refractivity contribution < 1.29 is 9.09 Å². The van der Waals surface area contributed by atoms with E-state index in [4.69, 9.17) is 15.8 Å². The summed E-state index contributed by atoms with van der Waals surface area (Å²) in [5.41, 5.74) is 0. The van der Waals surface area contributed by atoms with Crippen molar-refractivity contribution in [3.8, 4) is 0 Å². The van der Waals surface area contributed by atoms with Gasteiger partial charge in [-0.3, -0.25) is 4.57 Å². The van der Waals surface area contributed by atoms with Crippen LogP contribution < -0.4 is 0 Å². The SMILES string of the molecule is C=NCCSP(=O)(Cl)OCC. The Bertz CT molecular complexity index is 167. The van der Waals surface area contributed by atoms with Gasteiger partial charge in [0.15, 0.2) is 0 Å². The van der Waals surface area contributed by atoms with Crippen molar-refractivity contribution in [1.29, 1.82) is 0 Å². The van der Waals surface area contributed by atoms with E-state index in [9.17, 15) is 4.57 Å². The largest absolute Gasteiger partial charge is 0.346 e. The highest BCUT2D eigenvalue weighted by molar-refractivity contribution is 8.63. The monoisotopic (exact) mass is 215 g/mol. The van der Waals surface area contributed by atoms with Crippen LogP contribution in [0, 0.1) is 0 Å². The zero-order valence-corrected chi connectivity index (χ0v) is 8.79. The van der Waals surface area contributed by atoms with E-state index in [0.717, 1.165) is 11.4 Å². The molecule has 11 heavy (non-hydrogen) atoms. The van der Waals surface area contributed by atoms with Crippen molar-refractivity contribution >= 4 is 35.3 Å². The lowest BCUT2D eigenvalue weighted by molar-refractivity contribution is 0.356. The van der Waals surface area contributed by atoms with Gasteiger partial charge in [0.1, 0.15) is 0 Å². The van der Waals surface area contributed by atoms with Gasteiger partial charge >= 0.3 is 5.92 Å². The lowest BCUT2D eigenvalue weighted by Gasteiger charge is -2.06. The van der Waals surface area contributed by atoms with Gasteiger partial charge in [0.25, 0.3) is 0 Å². The fourth-order valence-electron chi connectivity index (χ4n) is 0.406. The van der Waals surface area contributed by atoms with Crippen molar-refractivity contribution in [3.05, 3.63) is 0 Å². The number of aliphatic imine (C=N–C) groups is 1. The first-order valence-corrected chi connectivity index (χ1v) is 7.25. The molecule has 0 heterocycles. The highest BCUT2D eigenvalue weighted by atomic mass is 35.7. The maximum Gasteiger partial charge on any atom is 0.346 e. The maximum atomic E-state index is 11.1. The first kappa shape index (κ1) is 11.5. The van der Waals surface area contributed by atoms with Gasteiger partial charge in [-0.25, -0.2) is 0 Å². The van der Waals surface area contributed by atoms with Crippen LogP contribution in [0.3, 0.4) is 0 Å². The Hall–Kier alpha value is 0.500. The Kier molecular flexibility index (Phi) is 6.34. The maximum absolute atomic E-state index is 11.1. The van der Waals surface area contributed by atoms with Crippen LogP contribution in [0.25, 0.3) is 0 Å². The Morgan fingerprint density at radius 2 is 2.45 bits per heavy atom. The average Bonchev–Trinajstić information content (AvgIpc) is 1.87. The summed E-state index contributed by atoms with van der Waals surface area (Å²) in [5, 5.41) is 0. The molecule has 0 rings (SSSR count). The van der Waals surface area contributed by atoms with E-state index in [-0.39, 0.29) is 0 Å². The first-order chi connectivity index (χ1) is 5.12. The molecule has 3 nitrogen and oxygen atoms in total. The van der Waals surface area contributed by atoms with Gasteiger partial charge < -0.3 is 9.52 Å². The third kappa shape index (κ3) is 6.88. The lowest BCUT2D eigenvalue weighted by atomic mass is 10.8. The molecule has 0 saturated carbocycles. The van der Waals surface area contributed by atoms with Gasteiger partial charge in [0.05, 0.1) is 6.61 Å². The summed E-state index contributed by atoms with van der Waals surface area (Å²) in [7, 11) is 0. The third-order valence-corrected chi connectivity index (χ3v) is 4.98. The standard InChI is InChI=1S/C5H11ClNO2PS/c1-3-9-10(6,8)11-5-4-7-2/h2-5H2,1H3. The highest BCUT2D eigenvalue weighted by Gasteiger charge is 2.18. The number of nitrogens with zero attached hydrogens (tertiary/aromatic N) is 1. The minimum absolute atomic E-state index is 0.370. The molecule has 0 aliphatic rings. The Balaban J connectivity index is 3.54. The van der Waals surface area contributed by atoms with Gasteiger partial charge in [0.2, 0.25) is 0 Å². The van der Waals surface area contributed by atoms with Gasteiger partial charge in [-0.15, -0.1) is 0 Å². The van der Waals surface area contributed by atoms with Crippen molar-refractivity contribution in [2.75, 3.05) is 18.9 Å². The Labute approximate surface area is 75.6 Å². The van der Waals surface area contributed by atoms with E-state index in [0.29, 0.717) is 18.9 Å². The van der Waals surface area contributed by atoms with Crippen LogP contribution in [0.5, 0.6) is 0 Å². The first-order valence-electron chi connectivity index (χ1n) is 3.13. The van der Waals surface area contributed by atoms with Gasteiger partial charge in [0, 0.05) is 12.3 Å². The summed E-state index contributed by atoms with van der Waals surface area (Å²) in [5.74, 6) is -2.33. The molecule has 0 radical (unpaired) electrons. The fraction of sp³-hybridized carbons (Fsp3) is 0.800. The smallest absolute Gasteiger partial charge is 0.310 e. The van der Waals surface area contributed by atoms with Crippen LogP contribution in [0.4, 0.5) is 0 Å². The minimum atomic E-state index is -2.92. The fourth-order valence-corrected chi connectivity index (χ4v) is 3.57. The summed E-state index contributed by atoms with van der Waals surface area (Å²) < 4.78 is 15.9. The minimum Gasteiger partial charge on any atom is -0.310 e. The molecule has 0 aromatic rings. The van der Waals surface area contributed by atoms with Crippen LogP contribution in [0.1, 0.15) is 6.92 Å². The van der Waals surface area contributed by atoms with Crippen LogP contribution in [-0.2, 0) is 9.09 Å². The summed E-state index contributed by atoms with van der Waals surface area (Å²) in [6.45, 7) is 5.96. The number of halogens is 1. The molecule has 0 spiro atoms. The summed E-state index contributed by atoms with van der Waals surface area (Å²) in [6, 6.07) is 0. The normalized spacial score (nSPS) is 15.8. The molecular formula is C5H11ClNO2PS. The molecule has 0 N–H and O–H groups in total. The van der Waals surface area contributed by atoms with Gasteiger partial charge in [-0.05, 0) is 24.9 Å². The second kappa shape index (κ2) is 6.06. The molecule has 0 aliphatic carbocycles. The number of rotatable bonds is 6. The quantitative estimate of drug-likeness (QED) is 0.389. The second-order valence-corrected chi connectivity index (χ2v) is 7.57. The number of hydrogen-bond acceptors (Lipinski definition) is 4. The summed E-state index contributed by atoms with van der Waals surface area (Å²) in [6.07, 6.45) is 0. The van der Waals surface area contributed by atoms with Gasteiger partial charge in [-0.2, -0.15) is 0 Å². The zero-order valence-electron chi connectivity index (χ0n) is 6.33. The lowest BCUT2D eigenvalue weighted by Crippen LogP contribution is -1.85. The van der Waals surface area contributed by atoms with Crippen LogP contribution in [0.15, 0.2) is 4.99 Å². The molecule has 0 fully saturated rings. The highest BCUT2D eigenvalue weighted by Crippen LogP contribution is 2.63. The molecule has 0 bridgehead atoms. The van der Waals surface area contributed by atoms with Crippen LogP contribution >= 0.6 is 28.5 Å². The van der Waals surface area contributed by atoms with E-state index >= 15 is 0 Å². The summed E-state index contributed by atoms with van der Waals surface area (Å²) in [4.78, 5) is 3.59. The second-order valence-electron chi connectivity index (χ2n) is 1.63. The summed E-state index contributed by atoms with van der Waals surface area (Å²) >= 11 is 6.60. The molecule has 0 aromatic heterocycles. The van der Waals surface area contributed by atoms with E-state index in [1.165, 1.54) is 0 Å². The van der Waals surface area contributed by atoms with E-state index in [2.05, 4.69) is 11.7 Å². The van der Waals surface area contributed by atoms with Gasteiger partial charge in [-0.1, -0.05) is 11.4 Å². The molecular weight excluding hydrogens is 205 g/mol. The zero-order chi connectivity index (χ0) is 8.74. The van der Waals surface area contributed by atoms with Crippen molar-refractivity contribution in [2.45, 2.75) is 6.92 Å². The van der Waals surface area contributed by atoms with Crippen molar-refractivity contribution in [3.63, 3.8) is 0 Å². The predicted molar refractivity (Wildman–Crippen MR) is 52.0 cm³/mol. The van der Waals surface area contributed by atoms with E-state index < -0.39 is 5.92 Å². The van der Waals surface area contributed by atoms with Crippen molar-refractivity contribution in [1.82, 2.24) is 0 Å².